The highest BCUT2D eigenvalue weighted by Gasteiger charge is 2.21. The third-order valence-corrected chi connectivity index (χ3v) is 5.10. The van der Waals surface area contributed by atoms with Crippen molar-refractivity contribution in [3.8, 4) is 5.75 Å². The lowest BCUT2D eigenvalue weighted by Gasteiger charge is -2.28. The second-order valence-corrected chi connectivity index (χ2v) is 7.13. The standard InChI is InChI=1S/C22H25N3O4/c26-21(23-17-6-8-18(9-7-17)24-11-13-28-14-12-24)16-29-20-4-1-3-19(15-20)25-10-2-5-22(25)27/h1,3-4,6-9,15H,2,5,10-14,16H2,(H,23,26). The zero-order chi connectivity index (χ0) is 20.1. The number of amides is 2. The first-order valence-corrected chi connectivity index (χ1v) is 9.95. The molecule has 0 saturated carbocycles. The van der Waals surface area contributed by atoms with Gasteiger partial charge in [-0.15, -0.1) is 0 Å². The number of rotatable bonds is 6. The van der Waals surface area contributed by atoms with E-state index in [-0.39, 0.29) is 18.4 Å². The van der Waals surface area contributed by atoms with Gasteiger partial charge >= 0.3 is 0 Å². The first-order valence-electron chi connectivity index (χ1n) is 9.95. The molecule has 0 radical (unpaired) electrons. The summed E-state index contributed by atoms with van der Waals surface area (Å²) in [4.78, 5) is 28.1. The summed E-state index contributed by atoms with van der Waals surface area (Å²) >= 11 is 0. The third kappa shape index (κ3) is 4.86. The van der Waals surface area contributed by atoms with Crippen LogP contribution in [0.2, 0.25) is 0 Å². The number of ether oxygens (including phenoxy) is 2. The van der Waals surface area contributed by atoms with E-state index in [9.17, 15) is 9.59 Å². The van der Waals surface area contributed by atoms with E-state index in [2.05, 4.69) is 10.2 Å². The largest absolute Gasteiger partial charge is 0.484 e. The minimum absolute atomic E-state index is 0.0946. The van der Waals surface area contributed by atoms with Crippen molar-refractivity contribution in [3.05, 3.63) is 48.5 Å². The molecule has 0 spiro atoms. The van der Waals surface area contributed by atoms with E-state index in [1.165, 1.54) is 0 Å². The van der Waals surface area contributed by atoms with Crippen LogP contribution in [0.5, 0.6) is 5.75 Å². The number of nitrogens with zero attached hydrogens (tertiary/aromatic N) is 2. The molecule has 1 N–H and O–H groups in total. The SMILES string of the molecule is O=C(COc1cccc(N2CCCC2=O)c1)Nc1ccc(N2CCOCC2)cc1. The molecule has 2 heterocycles. The van der Waals surface area contributed by atoms with Crippen LogP contribution in [0.4, 0.5) is 17.1 Å². The summed E-state index contributed by atoms with van der Waals surface area (Å²) in [5, 5.41) is 2.85. The molecule has 2 aromatic carbocycles. The number of carbonyl (C=O) groups excluding carboxylic acids is 2. The van der Waals surface area contributed by atoms with Gasteiger partial charge in [0.25, 0.3) is 5.91 Å². The number of nitrogens with one attached hydrogen (secondary N) is 1. The van der Waals surface area contributed by atoms with Gasteiger partial charge in [-0.2, -0.15) is 0 Å². The van der Waals surface area contributed by atoms with Crippen LogP contribution >= 0.6 is 0 Å². The van der Waals surface area contributed by atoms with Gasteiger partial charge < -0.3 is 24.6 Å². The minimum atomic E-state index is -0.230. The van der Waals surface area contributed by atoms with E-state index in [1.807, 2.05) is 36.4 Å². The lowest BCUT2D eigenvalue weighted by molar-refractivity contribution is -0.118. The molecule has 0 aliphatic carbocycles. The Morgan fingerprint density at radius 3 is 2.55 bits per heavy atom. The molecule has 2 saturated heterocycles. The molecule has 0 unspecified atom stereocenters. The molecule has 7 heteroatoms. The van der Waals surface area contributed by atoms with Crippen molar-refractivity contribution in [3.63, 3.8) is 0 Å². The second-order valence-electron chi connectivity index (χ2n) is 7.13. The first-order chi connectivity index (χ1) is 14.2. The van der Waals surface area contributed by atoms with Gasteiger partial charge in [-0.1, -0.05) is 6.07 Å². The zero-order valence-electron chi connectivity index (χ0n) is 16.3. The topological polar surface area (TPSA) is 71.1 Å². The zero-order valence-corrected chi connectivity index (χ0v) is 16.3. The fourth-order valence-electron chi connectivity index (χ4n) is 3.59. The van der Waals surface area contributed by atoms with E-state index in [1.54, 1.807) is 17.0 Å². The highest BCUT2D eigenvalue weighted by atomic mass is 16.5. The number of anilines is 3. The third-order valence-electron chi connectivity index (χ3n) is 5.10. The summed E-state index contributed by atoms with van der Waals surface area (Å²) in [6.07, 6.45) is 1.45. The van der Waals surface area contributed by atoms with Crippen molar-refractivity contribution in [2.75, 3.05) is 54.6 Å². The molecule has 2 aliphatic rings. The van der Waals surface area contributed by atoms with Crippen LogP contribution < -0.4 is 19.9 Å². The highest BCUT2D eigenvalue weighted by Crippen LogP contribution is 2.25. The maximum atomic E-state index is 12.2. The number of hydrogen-bond acceptors (Lipinski definition) is 5. The molecule has 2 aromatic rings. The van der Waals surface area contributed by atoms with Gasteiger partial charge in [-0.25, -0.2) is 0 Å². The highest BCUT2D eigenvalue weighted by molar-refractivity contribution is 5.95. The molecule has 2 aliphatic heterocycles. The Bertz CT molecular complexity index is 863. The summed E-state index contributed by atoms with van der Waals surface area (Å²) in [7, 11) is 0. The summed E-state index contributed by atoms with van der Waals surface area (Å²) in [5.74, 6) is 0.465. The number of hydrogen-bond donors (Lipinski definition) is 1. The monoisotopic (exact) mass is 395 g/mol. The quantitative estimate of drug-likeness (QED) is 0.814. The van der Waals surface area contributed by atoms with Crippen molar-refractivity contribution in [1.29, 1.82) is 0 Å². The van der Waals surface area contributed by atoms with Crippen LogP contribution in [-0.2, 0) is 14.3 Å². The summed E-state index contributed by atoms with van der Waals surface area (Å²) in [6, 6.07) is 15.1. The minimum Gasteiger partial charge on any atom is -0.484 e. The van der Waals surface area contributed by atoms with Crippen LogP contribution in [-0.4, -0.2) is 51.3 Å². The van der Waals surface area contributed by atoms with Gasteiger partial charge in [-0.05, 0) is 42.8 Å². The van der Waals surface area contributed by atoms with Crippen LogP contribution in [0.25, 0.3) is 0 Å². The average molecular weight is 395 g/mol. The second kappa shape index (κ2) is 8.96. The summed E-state index contributed by atoms with van der Waals surface area (Å²) < 4.78 is 11.0. The maximum absolute atomic E-state index is 12.2. The first kappa shape index (κ1) is 19.3. The van der Waals surface area contributed by atoms with E-state index < -0.39 is 0 Å². The molecule has 0 aromatic heterocycles. The molecule has 2 amide bonds. The van der Waals surface area contributed by atoms with E-state index in [4.69, 9.17) is 9.47 Å². The van der Waals surface area contributed by atoms with Crippen LogP contribution in [0.3, 0.4) is 0 Å². The lowest BCUT2D eigenvalue weighted by atomic mass is 10.2. The van der Waals surface area contributed by atoms with E-state index in [0.29, 0.717) is 12.2 Å². The Morgan fingerprint density at radius 1 is 1.03 bits per heavy atom. The Hall–Kier alpha value is -3.06. The van der Waals surface area contributed by atoms with Crippen LogP contribution in [0.1, 0.15) is 12.8 Å². The lowest BCUT2D eigenvalue weighted by Crippen LogP contribution is -2.36. The molecular weight excluding hydrogens is 370 g/mol. The van der Waals surface area contributed by atoms with E-state index in [0.717, 1.165) is 56.3 Å². The molecule has 0 atom stereocenters. The van der Waals surface area contributed by atoms with Crippen LogP contribution in [0.15, 0.2) is 48.5 Å². The van der Waals surface area contributed by atoms with Crippen molar-refractivity contribution in [2.24, 2.45) is 0 Å². The summed E-state index contributed by atoms with van der Waals surface area (Å²) in [6.45, 7) is 3.86. The Balaban J connectivity index is 1.29. The fraction of sp³-hybridized carbons (Fsp3) is 0.364. The molecule has 2 fully saturated rings. The summed E-state index contributed by atoms with van der Waals surface area (Å²) in [5.41, 5.74) is 2.66. The number of morpholine rings is 1. The maximum Gasteiger partial charge on any atom is 0.262 e. The normalized spacial score (nSPS) is 16.8. The molecule has 0 bridgehead atoms. The smallest absolute Gasteiger partial charge is 0.262 e. The van der Waals surface area contributed by atoms with Gasteiger partial charge in [0.15, 0.2) is 6.61 Å². The number of carbonyl (C=O) groups is 2. The van der Waals surface area contributed by atoms with Gasteiger partial charge in [-0.3, -0.25) is 9.59 Å². The Morgan fingerprint density at radius 2 is 1.83 bits per heavy atom. The molecule has 29 heavy (non-hydrogen) atoms. The predicted octanol–water partition coefficient (Wildman–Crippen LogP) is 2.67. The van der Waals surface area contributed by atoms with Crippen molar-refractivity contribution < 1.29 is 19.1 Å². The van der Waals surface area contributed by atoms with Crippen molar-refractivity contribution in [2.45, 2.75) is 12.8 Å². The van der Waals surface area contributed by atoms with Crippen molar-refractivity contribution >= 4 is 28.9 Å². The average Bonchev–Trinajstić information content (AvgIpc) is 3.20. The molecule has 4 rings (SSSR count). The van der Waals surface area contributed by atoms with Crippen molar-refractivity contribution in [1.82, 2.24) is 0 Å². The van der Waals surface area contributed by atoms with Gasteiger partial charge in [0.2, 0.25) is 5.91 Å². The van der Waals surface area contributed by atoms with Gasteiger partial charge in [0.1, 0.15) is 5.75 Å². The van der Waals surface area contributed by atoms with Crippen LogP contribution in [0, 0.1) is 0 Å². The fourth-order valence-corrected chi connectivity index (χ4v) is 3.59. The van der Waals surface area contributed by atoms with Gasteiger partial charge in [0, 0.05) is 49.2 Å². The molecular formula is C22H25N3O4. The Labute approximate surface area is 170 Å². The molecule has 7 nitrogen and oxygen atoms in total. The number of benzene rings is 2. The Kier molecular flexibility index (Phi) is 5.95. The van der Waals surface area contributed by atoms with E-state index >= 15 is 0 Å². The predicted molar refractivity (Wildman–Crippen MR) is 112 cm³/mol. The molecule has 152 valence electrons. The van der Waals surface area contributed by atoms with Gasteiger partial charge in [0.05, 0.1) is 13.2 Å².